The van der Waals surface area contributed by atoms with Crippen LogP contribution < -0.4 is 0 Å². The van der Waals surface area contributed by atoms with E-state index in [4.69, 9.17) is 34.8 Å². The quantitative estimate of drug-likeness (QED) is 0.639. The molecule has 3 rings (SSSR count). The van der Waals surface area contributed by atoms with Crippen LogP contribution in [0.3, 0.4) is 0 Å². The van der Waals surface area contributed by atoms with Crippen molar-refractivity contribution in [2.45, 2.75) is 19.3 Å². The molecule has 0 amide bonds. The molecule has 3 nitrogen and oxygen atoms in total. The molecule has 0 atom stereocenters. The van der Waals surface area contributed by atoms with E-state index < -0.39 is 0 Å². The van der Waals surface area contributed by atoms with Gasteiger partial charge in [-0.25, -0.2) is 4.98 Å². The van der Waals surface area contributed by atoms with Gasteiger partial charge in [0.1, 0.15) is 5.82 Å². The lowest BCUT2D eigenvalue weighted by molar-refractivity contribution is 0.772. The minimum Gasteiger partial charge on any atom is -0.322 e. The van der Waals surface area contributed by atoms with Crippen molar-refractivity contribution in [3.63, 3.8) is 0 Å². The largest absolute Gasteiger partial charge is 0.322 e. The Morgan fingerprint density at radius 2 is 1.95 bits per heavy atom. The van der Waals surface area contributed by atoms with E-state index in [9.17, 15) is 0 Å². The summed E-state index contributed by atoms with van der Waals surface area (Å²) in [5.74, 6) is 1.12. The predicted molar refractivity (Wildman–Crippen MR) is 87.4 cm³/mol. The summed E-state index contributed by atoms with van der Waals surface area (Å²) in [7, 11) is 0. The van der Waals surface area contributed by atoms with Gasteiger partial charge in [-0.3, -0.25) is 4.98 Å². The number of nitrogens with zero attached hydrogens (tertiary/aromatic N) is 3. The molecular formula is C15H12Cl3N3. The van der Waals surface area contributed by atoms with Crippen molar-refractivity contribution in [1.29, 1.82) is 0 Å². The normalized spacial score (nSPS) is 11.2. The van der Waals surface area contributed by atoms with Gasteiger partial charge in [-0.1, -0.05) is 23.2 Å². The number of aryl methyl sites for hydroxylation is 1. The van der Waals surface area contributed by atoms with E-state index in [1.165, 1.54) is 5.56 Å². The summed E-state index contributed by atoms with van der Waals surface area (Å²) in [5.41, 5.74) is 4.02. The fourth-order valence-electron chi connectivity index (χ4n) is 2.30. The van der Waals surface area contributed by atoms with Crippen LogP contribution in [0.1, 0.15) is 17.0 Å². The maximum atomic E-state index is 6.13. The molecule has 0 aliphatic carbocycles. The first-order valence-corrected chi connectivity index (χ1v) is 7.69. The number of benzene rings is 1. The number of pyridine rings is 1. The van der Waals surface area contributed by atoms with Crippen LogP contribution in [0.2, 0.25) is 10.0 Å². The zero-order chi connectivity index (χ0) is 15.0. The summed E-state index contributed by atoms with van der Waals surface area (Å²) in [6.45, 7) is 2.70. The molecule has 3 aromatic rings. The second-order valence-electron chi connectivity index (χ2n) is 4.80. The van der Waals surface area contributed by atoms with E-state index in [0.29, 0.717) is 22.5 Å². The van der Waals surface area contributed by atoms with Gasteiger partial charge in [0.05, 0.1) is 27.0 Å². The van der Waals surface area contributed by atoms with Crippen LogP contribution >= 0.6 is 34.8 Å². The lowest BCUT2D eigenvalue weighted by Crippen LogP contribution is -2.05. The molecule has 0 radical (unpaired) electrons. The highest BCUT2D eigenvalue weighted by Crippen LogP contribution is 2.29. The lowest BCUT2D eigenvalue weighted by atomic mass is 10.1. The van der Waals surface area contributed by atoms with Gasteiger partial charge in [-0.2, -0.15) is 0 Å². The molecule has 0 spiro atoms. The van der Waals surface area contributed by atoms with Gasteiger partial charge in [0.2, 0.25) is 0 Å². The van der Waals surface area contributed by atoms with Crippen LogP contribution in [0.25, 0.3) is 11.0 Å². The number of alkyl halides is 1. The topological polar surface area (TPSA) is 30.7 Å². The van der Waals surface area contributed by atoms with Gasteiger partial charge in [0, 0.05) is 18.9 Å². The second kappa shape index (κ2) is 5.84. The highest BCUT2D eigenvalue weighted by molar-refractivity contribution is 6.42. The molecule has 0 unspecified atom stereocenters. The Kier molecular flexibility index (Phi) is 4.07. The molecule has 108 valence electrons. The Bertz CT molecular complexity index is 811. The van der Waals surface area contributed by atoms with Crippen molar-refractivity contribution in [2.75, 3.05) is 0 Å². The highest BCUT2D eigenvalue weighted by Gasteiger charge is 2.13. The average Bonchev–Trinajstić information content (AvgIpc) is 2.79. The van der Waals surface area contributed by atoms with Crippen LogP contribution in [0.5, 0.6) is 0 Å². The van der Waals surface area contributed by atoms with Crippen molar-refractivity contribution in [2.24, 2.45) is 0 Å². The Morgan fingerprint density at radius 1 is 1.19 bits per heavy atom. The number of aromatic nitrogens is 3. The number of imidazole rings is 1. The Labute approximate surface area is 137 Å². The summed E-state index contributed by atoms with van der Waals surface area (Å²) in [5, 5.41) is 1.01. The average molecular weight is 341 g/mol. The Morgan fingerprint density at radius 3 is 2.67 bits per heavy atom. The highest BCUT2D eigenvalue weighted by atomic mass is 35.5. The third-order valence-corrected chi connectivity index (χ3v) is 4.42. The summed E-state index contributed by atoms with van der Waals surface area (Å²) in [6.07, 6.45) is 3.63. The van der Waals surface area contributed by atoms with Crippen molar-refractivity contribution in [3.8, 4) is 0 Å². The fourth-order valence-corrected chi connectivity index (χ4v) is 2.82. The SMILES string of the molecule is Cc1cnccc1Cn1c(CCl)nc2cc(Cl)c(Cl)cc21. The molecule has 0 N–H and O–H groups in total. The maximum Gasteiger partial charge on any atom is 0.125 e. The third-order valence-electron chi connectivity index (χ3n) is 3.45. The van der Waals surface area contributed by atoms with Gasteiger partial charge >= 0.3 is 0 Å². The number of hydrogen-bond donors (Lipinski definition) is 0. The van der Waals surface area contributed by atoms with Crippen molar-refractivity contribution < 1.29 is 0 Å². The molecule has 2 heterocycles. The molecule has 2 aromatic heterocycles. The summed E-state index contributed by atoms with van der Waals surface area (Å²) < 4.78 is 2.06. The third kappa shape index (κ3) is 2.73. The van der Waals surface area contributed by atoms with Crippen LogP contribution in [0.15, 0.2) is 30.6 Å². The zero-order valence-electron chi connectivity index (χ0n) is 11.3. The Balaban J connectivity index is 2.16. The first kappa shape index (κ1) is 14.6. The molecule has 0 fully saturated rings. The van der Waals surface area contributed by atoms with E-state index in [2.05, 4.69) is 14.5 Å². The molecule has 0 aliphatic rings. The number of fused-ring (bicyclic) bond motifs is 1. The van der Waals surface area contributed by atoms with Crippen molar-refractivity contribution in [1.82, 2.24) is 14.5 Å². The van der Waals surface area contributed by atoms with Crippen molar-refractivity contribution in [3.05, 3.63) is 57.6 Å². The minimum absolute atomic E-state index is 0.327. The van der Waals surface area contributed by atoms with E-state index in [-0.39, 0.29) is 0 Å². The van der Waals surface area contributed by atoms with Gasteiger partial charge in [0.25, 0.3) is 0 Å². The van der Waals surface area contributed by atoms with E-state index in [1.54, 1.807) is 12.3 Å². The Hall–Kier alpha value is -1.29. The van der Waals surface area contributed by atoms with E-state index in [1.807, 2.05) is 25.3 Å². The summed E-state index contributed by atoms with van der Waals surface area (Å²) in [4.78, 5) is 8.65. The molecule has 21 heavy (non-hydrogen) atoms. The summed E-state index contributed by atoms with van der Waals surface area (Å²) in [6, 6.07) is 5.60. The smallest absolute Gasteiger partial charge is 0.125 e. The number of rotatable bonds is 3. The van der Waals surface area contributed by atoms with Gasteiger partial charge < -0.3 is 4.57 Å². The van der Waals surface area contributed by atoms with Crippen molar-refractivity contribution >= 4 is 45.8 Å². The number of hydrogen-bond acceptors (Lipinski definition) is 2. The van der Waals surface area contributed by atoms with Gasteiger partial charge in [-0.05, 0) is 36.2 Å². The van der Waals surface area contributed by atoms with Crippen LogP contribution in [-0.2, 0) is 12.4 Å². The van der Waals surface area contributed by atoms with Crippen LogP contribution in [-0.4, -0.2) is 14.5 Å². The first-order valence-electron chi connectivity index (χ1n) is 6.39. The second-order valence-corrected chi connectivity index (χ2v) is 5.89. The lowest BCUT2D eigenvalue weighted by Gasteiger charge is -2.10. The maximum absolute atomic E-state index is 6.13. The molecule has 0 saturated carbocycles. The molecule has 1 aromatic carbocycles. The van der Waals surface area contributed by atoms with Crippen LogP contribution in [0, 0.1) is 6.92 Å². The van der Waals surface area contributed by atoms with E-state index >= 15 is 0 Å². The van der Waals surface area contributed by atoms with Crippen LogP contribution in [0.4, 0.5) is 0 Å². The van der Waals surface area contributed by atoms with Gasteiger partial charge in [0.15, 0.2) is 0 Å². The minimum atomic E-state index is 0.327. The monoisotopic (exact) mass is 339 g/mol. The molecule has 0 saturated heterocycles. The zero-order valence-corrected chi connectivity index (χ0v) is 13.5. The molecule has 6 heteroatoms. The summed E-state index contributed by atoms with van der Waals surface area (Å²) >= 11 is 18.2. The first-order chi connectivity index (χ1) is 10.1. The van der Waals surface area contributed by atoms with E-state index in [0.717, 1.165) is 22.4 Å². The molecule has 0 aliphatic heterocycles. The fraction of sp³-hybridized carbons (Fsp3) is 0.200. The molecular weight excluding hydrogens is 329 g/mol. The predicted octanol–water partition coefficient (Wildman–Crippen LogP) is 4.83. The standard InChI is InChI=1S/C15H12Cl3N3/c1-9-7-19-3-2-10(9)8-21-14-5-12(18)11(17)4-13(14)20-15(21)6-16/h2-5,7H,6,8H2,1H3. The number of halogens is 3. The van der Waals surface area contributed by atoms with Gasteiger partial charge in [-0.15, -0.1) is 11.6 Å². The molecule has 0 bridgehead atoms.